The lowest BCUT2D eigenvalue weighted by Gasteiger charge is -2.29. The van der Waals surface area contributed by atoms with Crippen molar-refractivity contribution in [2.75, 3.05) is 50.1 Å². The van der Waals surface area contributed by atoms with Crippen molar-refractivity contribution in [1.29, 1.82) is 0 Å². The van der Waals surface area contributed by atoms with Crippen molar-refractivity contribution < 1.29 is 18.7 Å². The van der Waals surface area contributed by atoms with Crippen LogP contribution < -0.4 is 15.0 Å². The molecule has 0 unspecified atom stereocenters. The van der Waals surface area contributed by atoms with Gasteiger partial charge in [0.15, 0.2) is 17.4 Å². The molecule has 2 N–H and O–H groups in total. The zero-order valence-corrected chi connectivity index (χ0v) is 21.0. The van der Waals surface area contributed by atoms with Crippen molar-refractivity contribution in [3.63, 3.8) is 0 Å². The number of morpholine rings is 1. The lowest BCUT2D eigenvalue weighted by molar-refractivity contribution is 0.0799. The number of anilines is 3. The predicted octanol–water partition coefficient (Wildman–Crippen LogP) is 4.87. The molecule has 0 radical (unpaired) electrons. The van der Waals surface area contributed by atoms with Crippen molar-refractivity contribution in [2.45, 2.75) is 13.8 Å². The average Bonchev–Trinajstić information content (AvgIpc) is 3.31. The van der Waals surface area contributed by atoms with E-state index in [9.17, 15) is 4.79 Å². The van der Waals surface area contributed by atoms with Crippen LogP contribution in [0.4, 0.5) is 21.6 Å². The molecule has 1 aliphatic rings. The van der Waals surface area contributed by atoms with Gasteiger partial charge >= 0.3 is 0 Å². The second-order valence-corrected chi connectivity index (χ2v) is 8.89. The monoisotopic (exact) mass is 504 g/mol. The first-order chi connectivity index (χ1) is 17.9. The van der Waals surface area contributed by atoms with E-state index in [4.69, 9.17) is 9.47 Å². The third kappa shape index (κ3) is 5.05. The smallest absolute Gasteiger partial charge is 0.262 e. The molecule has 5 rings (SSSR count). The molecule has 0 atom stereocenters. The number of rotatable bonds is 7. The normalized spacial score (nSPS) is 13.6. The highest BCUT2D eigenvalue weighted by atomic mass is 19.1. The third-order valence-corrected chi connectivity index (χ3v) is 6.40. The fraction of sp³-hybridized carbons (Fsp3) is 0.296. The van der Waals surface area contributed by atoms with E-state index >= 15 is 4.39 Å². The number of aromatic nitrogens is 3. The first-order valence-electron chi connectivity index (χ1n) is 12.2. The van der Waals surface area contributed by atoms with Gasteiger partial charge in [0.25, 0.3) is 5.91 Å². The Bertz CT molecular complexity index is 1420. The van der Waals surface area contributed by atoms with Crippen LogP contribution in [0.2, 0.25) is 0 Å². The molecule has 1 fully saturated rings. The number of carbonyl (C=O) groups excluding carboxylic acids is 1. The van der Waals surface area contributed by atoms with Crippen LogP contribution in [0, 0.1) is 12.7 Å². The zero-order chi connectivity index (χ0) is 25.9. The molecule has 0 saturated carbocycles. The minimum absolute atomic E-state index is 0.0285. The molecule has 9 nitrogen and oxygen atoms in total. The summed E-state index contributed by atoms with van der Waals surface area (Å²) in [5.41, 5.74) is 3.45. The van der Waals surface area contributed by atoms with Crippen molar-refractivity contribution in [3.05, 3.63) is 65.9 Å². The molecule has 0 bridgehead atoms. The van der Waals surface area contributed by atoms with Crippen LogP contribution in [0.3, 0.4) is 0 Å². The lowest BCUT2D eigenvalue weighted by Crippen LogP contribution is -2.36. The number of ether oxygens (including phenoxy) is 2. The number of H-pyrrole nitrogens is 1. The van der Waals surface area contributed by atoms with Crippen LogP contribution in [0.15, 0.2) is 48.8 Å². The average molecular weight is 505 g/mol. The van der Waals surface area contributed by atoms with Crippen molar-refractivity contribution >= 4 is 34.0 Å². The number of fused-ring (bicyclic) bond motifs is 1. The molecule has 2 aromatic carbocycles. The number of hydrogen-bond donors (Lipinski definition) is 2. The number of carbonyl (C=O) groups is 1. The molecule has 1 amide bonds. The molecular weight excluding hydrogens is 475 g/mol. The Hall–Kier alpha value is -4.18. The summed E-state index contributed by atoms with van der Waals surface area (Å²) in [6, 6.07) is 12.8. The number of aromatic amines is 1. The number of amides is 1. The molecule has 37 heavy (non-hydrogen) atoms. The van der Waals surface area contributed by atoms with Gasteiger partial charge in [-0.05, 0) is 56.3 Å². The van der Waals surface area contributed by atoms with Gasteiger partial charge in [0.05, 0.1) is 13.2 Å². The molecule has 1 aliphatic heterocycles. The summed E-state index contributed by atoms with van der Waals surface area (Å²) in [4.78, 5) is 28.8. The van der Waals surface area contributed by atoms with E-state index in [0.717, 1.165) is 30.2 Å². The number of nitrogens with zero attached hydrogens (tertiary/aromatic N) is 4. The highest BCUT2D eigenvalue weighted by Gasteiger charge is 2.25. The first-order valence-corrected chi connectivity index (χ1v) is 12.2. The molecule has 4 aromatic rings. The maximum atomic E-state index is 15.3. The summed E-state index contributed by atoms with van der Waals surface area (Å²) in [6.07, 6.45) is 1.29. The Balaban J connectivity index is 1.47. The summed E-state index contributed by atoms with van der Waals surface area (Å²) in [5, 5.41) is 3.62. The van der Waals surface area contributed by atoms with Gasteiger partial charge < -0.3 is 29.6 Å². The summed E-state index contributed by atoms with van der Waals surface area (Å²) >= 11 is 0. The summed E-state index contributed by atoms with van der Waals surface area (Å²) in [7, 11) is 1.68. The Morgan fingerprint density at radius 1 is 1.19 bits per heavy atom. The summed E-state index contributed by atoms with van der Waals surface area (Å²) in [5.74, 6) is -0.661. The van der Waals surface area contributed by atoms with Gasteiger partial charge in [-0.2, -0.15) is 0 Å². The largest absolute Gasteiger partial charge is 0.435 e. The molecule has 0 aliphatic carbocycles. The van der Waals surface area contributed by atoms with Gasteiger partial charge in [0.2, 0.25) is 5.88 Å². The number of benzene rings is 2. The van der Waals surface area contributed by atoms with Gasteiger partial charge in [-0.25, -0.2) is 14.4 Å². The van der Waals surface area contributed by atoms with Gasteiger partial charge in [-0.3, -0.25) is 4.79 Å². The van der Waals surface area contributed by atoms with Gasteiger partial charge in [-0.1, -0.05) is 0 Å². The zero-order valence-electron chi connectivity index (χ0n) is 21.0. The van der Waals surface area contributed by atoms with Crippen LogP contribution in [0.5, 0.6) is 11.6 Å². The lowest BCUT2D eigenvalue weighted by atomic mass is 10.2. The van der Waals surface area contributed by atoms with E-state index in [0.29, 0.717) is 30.7 Å². The first kappa shape index (κ1) is 24.5. The van der Waals surface area contributed by atoms with Crippen molar-refractivity contribution in [1.82, 2.24) is 19.9 Å². The van der Waals surface area contributed by atoms with E-state index in [1.54, 1.807) is 19.2 Å². The summed E-state index contributed by atoms with van der Waals surface area (Å²) < 4.78 is 26.6. The van der Waals surface area contributed by atoms with Gasteiger partial charge in [0.1, 0.15) is 11.9 Å². The quantitative estimate of drug-likeness (QED) is 0.371. The molecule has 1 saturated heterocycles. The maximum Gasteiger partial charge on any atom is 0.262 e. The van der Waals surface area contributed by atoms with Crippen LogP contribution in [0.1, 0.15) is 23.0 Å². The fourth-order valence-electron chi connectivity index (χ4n) is 4.25. The van der Waals surface area contributed by atoms with Crippen molar-refractivity contribution in [2.24, 2.45) is 0 Å². The highest BCUT2D eigenvalue weighted by molar-refractivity contribution is 6.01. The minimum atomic E-state index is -0.532. The van der Waals surface area contributed by atoms with E-state index in [1.807, 2.05) is 38.1 Å². The number of halogens is 1. The third-order valence-electron chi connectivity index (χ3n) is 6.40. The Morgan fingerprint density at radius 2 is 1.95 bits per heavy atom. The van der Waals surface area contributed by atoms with E-state index in [2.05, 4.69) is 25.2 Å². The predicted molar refractivity (Wildman–Crippen MR) is 140 cm³/mol. The molecule has 0 spiro atoms. The molecule has 2 aromatic heterocycles. The minimum Gasteiger partial charge on any atom is -0.435 e. The second-order valence-electron chi connectivity index (χ2n) is 8.89. The Labute approximate surface area is 214 Å². The summed E-state index contributed by atoms with van der Waals surface area (Å²) in [6.45, 7) is 7.27. The van der Waals surface area contributed by atoms with E-state index < -0.39 is 5.82 Å². The molecule has 10 heteroatoms. The Morgan fingerprint density at radius 3 is 2.68 bits per heavy atom. The maximum absolute atomic E-state index is 15.3. The molecule has 192 valence electrons. The molecule has 3 heterocycles. The van der Waals surface area contributed by atoms with Crippen LogP contribution in [-0.4, -0.2) is 65.7 Å². The van der Waals surface area contributed by atoms with Gasteiger partial charge in [-0.15, -0.1) is 0 Å². The van der Waals surface area contributed by atoms with Crippen LogP contribution >= 0.6 is 0 Å². The topological polar surface area (TPSA) is 95.6 Å². The standard InChI is InChI=1S/C27H29FN6O3/c1-4-33(3)27(35)23-25(32-18-5-7-19(8-6-18)34-11-13-36-14-12-34)29-16-30-26(23)37-22-10-9-21-20(24(22)28)15-17(2)31-21/h5-10,15-16,31H,4,11-14H2,1-3H3,(H,29,30,32). The number of hydrogen-bond acceptors (Lipinski definition) is 7. The van der Waals surface area contributed by atoms with E-state index in [-0.39, 0.29) is 28.9 Å². The fourth-order valence-corrected chi connectivity index (χ4v) is 4.25. The second kappa shape index (κ2) is 10.4. The van der Waals surface area contributed by atoms with E-state index in [1.165, 1.54) is 17.3 Å². The van der Waals surface area contributed by atoms with Crippen LogP contribution in [0.25, 0.3) is 10.9 Å². The van der Waals surface area contributed by atoms with Gasteiger partial charge in [0, 0.05) is 54.7 Å². The number of aryl methyl sites for hydroxylation is 1. The SMILES string of the molecule is CCN(C)C(=O)c1c(Nc2ccc(N3CCOCC3)cc2)ncnc1Oc1ccc2[nH]c(C)cc2c1F. The van der Waals surface area contributed by atoms with Crippen molar-refractivity contribution in [3.8, 4) is 11.6 Å². The number of nitrogens with one attached hydrogen (secondary N) is 2. The molecular formula is C27H29FN6O3. The van der Waals surface area contributed by atoms with Crippen LogP contribution in [-0.2, 0) is 4.74 Å². The highest BCUT2D eigenvalue weighted by Crippen LogP contribution is 2.34. The Kier molecular flexibility index (Phi) is 6.91.